The first-order valence-electron chi connectivity index (χ1n) is 7.02. The topological polar surface area (TPSA) is 55.4 Å². The van der Waals surface area contributed by atoms with E-state index in [4.69, 9.17) is 4.42 Å². The predicted octanol–water partition coefficient (Wildman–Crippen LogP) is 2.76. The van der Waals surface area contributed by atoms with E-state index in [1.54, 1.807) is 24.5 Å². The van der Waals surface area contributed by atoms with Gasteiger partial charge in [-0.05, 0) is 48.6 Å². The minimum atomic E-state index is -0.657. The van der Waals surface area contributed by atoms with E-state index in [1.165, 1.54) is 21.4 Å². The monoisotopic (exact) mass is 301 g/mol. The molecule has 0 amide bonds. The Kier molecular flexibility index (Phi) is 2.80. The molecule has 0 fully saturated rings. The van der Waals surface area contributed by atoms with Gasteiger partial charge in [0.1, 0.15) is 6.10 Å². The van der Waals surface area contributed by atoms with Gasteiger partial charge in [-0.15, -0.1) is 11.3 Å². The Morgan fingerprint density at radius 3 is 3.00 bits per heavy atom. The molecule has 2 heterocycles. The summed E-state index contributed by atoms with van der Waals surface area (Å²) in [6.07, 6.45) is 2.80. The number of hydrogen-bond acceptors (Lipinski definition) is 4. The summed E-state index contributed by atoms with van der Waals surface area (Å²) in [5.41, 5.74) is 3.39. The van der Waals surface area contributed by atoms with E-state index in [-0.39, 0.29) is 5.76 Å². The Bertz CT molecular complexity index is 865. The molecule has 0 spiro atoms. The second kappa shape index (κ2) is 4.58. The number of rotatable bonds is 2. The van der Waals surface area contributed by atoms with Gasteiger partial charge < -0.3 is 9.52 Å². The lowest BCUT2D eigenvalue weighted by Gasteiger charge is -2.09. The van der Waals surface area contributed by atoms with Crippen molar-refractivity contribution in [1.29, 1.82) is 0 Å². The number of fused-ring (bicyclic) bond motifs is 2. The van der Waals surface area contributed by atoms with Crippen LogP contribution in [0.4, 0.5) is 0 Å². The van der Waals surface area contributed by atoms with Gasteiger partial charge in [0.15, 0.2) is 5.58 Å². The first kappa shape index (κ1) is 12.9. The minimum Gasteiger partial charge on any atom is -0.408 e. The molecule has 1 aromatic carbocycles. The standard InChI is InChI=1S/C16H15NO3S/c1-17-11-6-5-10(7-12(11)20-16(17)19)15(18)14-8-9-3-2-4-13(9)21-14/h5-8,15,18H,2-4H2,1H3. The van der Waals surface area contributed by atoms with Crippen molar-refractivity contribution in [3.05, 3.63) is 55.7 Å². The quantitative estimate of drug-likeness (QED) is 0.792. The Labute approximate surface area is 125 Å². The summed E-state index contributed by atoms with van der Waals surface area (Å²) < 4.78 is 6.65. The number of benzene rings is 1. The van der Waals surface area contributed by atoms with E-state index in [2.05, 4.69) is 6.07 Å². The highest BCUT2D eigenvalue weighted by atomic mass is 32.1. The molecule has 1 unspecified atom stereocenters. The smallest absolute Gasteiger partial charge is 0.408 e. The molecule has 4 rings (SSSR count). The molecule has 0 radical (unpaired) electrons. The van der Waals surface area contributed by atoms with E-state index < -0.39 is 6.10 Å². The number of aryl methyl sites for hydroxylation is 3. The van der Waals surface area contributed by atoms with Crippen molar-refractivity contribution in [2.24, 2.45) is 7.05 Å². The number of hydrogen-bond donors (Lipinski definition) is 1. The summed E-state index contributed by atoms with van der Waals surface area (Å²) >= 11 is 1.69. The molecule has 0 bridgehead atoms. The molecular weight excluding hydrogens is 286 g/mol. The first-order chi connectivity index (χ1) is 10.1. The Morgan fingerprint density at radius 2 is 2.19 bits per heavy atom. The third-order valence-corrected chi connectivity index (χ3v) is 5.46. The van der Waals surface area contributed by atoms with Crippen molar-refractivity contribution in [3.63, 3.8) is 0 Å². The highest BCUT2D eigenvalue weighted by Crippen LogP contribution is 2.36. The van der Waals surface area contributed by atoms with Gasteiger partial charge in [-0.2, -0.15) is 0 Å². The van der Waals surface area contributed by atoms with Crippen molar-refractivity contribution in [2.45, 2.75) is 25.4 Å². The number of aliphatic hydroxyl groups is 1. The summed E-state index contributed by atoms with van der Waals surface area (Å²) in [6, 6.07) is 7.54. The molecule has 108 valence electrons. The van der Waals surface area contributed by atoms with Gasteiger partial charge in [0, 0.05) is 16.8 Å². The molecule has 2 aromatic heterocycles. The zero-order valence-electron chi connectivity index (χ0n) is 11.6. The predicted molar refractivity (Wildman–Crippen MR) is 81.9 cm³/mol. The summed E-state index contributed by atoms with van der Waals surface area (Å²) in [7, 11) is 1.67. The van der Waals surface area contributed by atoms with Crippen LogP contribution in [0, 0.1) is 0 Å². The molecule has 1 atom stereocenters. The second-order valence-corrected chi connectivity index (χ2v) is 6.68. The van der Waals surface area contributed by atoms with Crippen molar-refractivity contribution in [2.75, 3.05) is 0 Å². The van der Waals surface area contributed by atoms with E-state index in [1.807, 2.05) is 12.1 Å². The molecule has 3 aromatic rings. The molecule has 0 saturated carbocycles. The Balaban J connectivity index is 1.76. The highest BCUT2D eigenvalue weighted by molar-refractivity contribution is 7.12. The van der Waals surface area contributed by atoms with Crippen molar-refractivity contribution < 1.29 is 9.52 Å². The Morgan fingerprint density at radius 1 is 1.33 bits per heavy atom. The number of oxazole rings is 1. The van der Waals surface area contributed by atoms with Crippen LogP contribution in [-0.2, 0) is 19.9 Å². The fraction of sp³-hybridized carbons (Fsp3) is 0.312. The van der Waals surface area contributed by atoms with Crippen molar-refractivity contribution >= 4 is 22.4 Å². The van der Waals surface area contributed by atoms with Gasteiger partial charge in [0.2, 0.25) is 0 Å². The van der Waals surface area contributed by atoms with Crippen LogP contribution < -0.4 is 5.76 Å². The van der Waals surface area contributed by atoms with Crippen LogP contribution in [0.2, 0.25) is 0 Å². The van der Waals surface area contributed by atoms with Gasteiger partial charge in [0.25, 0.3) is 0 Å². The molecule has 1 aliphatic carbocycles. The van der Waals surface area contributed by atoms with Crippen molar-refractivity contribution in [3.8, 4) is 0 Å². The summed E-state index contributed by atoms with van der Waals surface area (Å²) in [6.45, 7) is 0. The summed E-state index contributed by atoms with van der Waals surface area (Å²) in [4.78, 5) is 13.9. The maximum Gasteiger partial charge on any atom is 0.419 e. The van der Waals surface area contributed by atoms with Gasteiger partial charge in [-0.3, -0.25) is 4.57 Å². The lowest BCUT2D eigenvalue weighted by molar-refractivity contribution is 0.224. The Hall–Kier alpha value is -1.85. The fourth-order valence-corrected chi connectivity index (χ4v) is 4.24. The number of thiophene rings is 1. The van der Waals surface area contributed by atoms with E-state index in [0.29, 0.717) is 5.58 Å². The average molecular weight is 301 g/mol. The molecule has 5 heteroatoms. The van der Waals surface area contributed by atoms with E-state index in [0.717, 1.165) is 28.8 Å². The summed E-state index contributed by atoms with van der Waals surface area (Å²) in [5.74, 6) is -0.383. The maximum atomic E-state index is 11.5. The molecule has 4 nitrogen and oxygen atoms in total. The third kappa shape index (κ3) is 1.96. The van der Waals surface area contributed by atoms with Crippen LogP contribution in [0.15, 0.2) is 33.5 Å². The summed E-state index contributed by atoms with van der Waals surface area (Å²) in [5, 5.41) is 10.6. The van der Waals surface area contributed by atoms with Crippen LogP contribution in [-0.4, -0.2) is 9.67 Å². The molecule has 0 saturated heterocycles. The van der Waals surface area contributed by atoms with Crippen LogP contribution in [0.25, 0.3) is 11.1 Å². The number of nitrogens with zero attached hydrogens (tertiary/aromatic N) is 1. The van der Waals surface area contributed by atoms with Gasteiger partial charge in [-0.25, -0.2) is 4.79 Å². The lowest BCUT2D eigenvalue weighted by atomic mass is 10.1. The molecule has 1 N–H and O–H groups in total. The number of aromatic nitrogens is 1. The first-order valence-corrected chi connectivity index (χ1v) is 7.84. The maximum absolute atomic E-state index is 11.5. The molecule has 1 aliphatic rings. The second-order valence-electron chi connectivity index (χ2n) is 5.51. The zero-order valence-corrected chi connectivity index (χ0v) is 12.4. The fourth-order valence-electron chi connectivity index (χ4n) is 2.97. The number of aliphatic hydroxyl groups excluding tert-OH is 1. The zero-order chi connectivity index (χ0) is 14.6. The third-order valence-electron chi connectivity index (χ3n) is 4.17. The normalized spacial score (nSPS) is 15.5. The van der Waals surface area contributed by atoms with Gasteiger partial charge in [-0.1, -0.05) is 6.07 Å². The molecule has 21 heavy (non-hydrogen) atoms. The van der Waals surface area contributed by atoms with Crippen molar-refractivity contribution in [1.82, 2.24) is 4.57 Å². The van der Waals surface area contributed by atoms with Crippen LogP contribution in [0.5, 0.6) is 0 Å². The van der Waals surface area contributed by atoms with Crippen LogP contribution >= 0.6 is 11.3 Å². The lowest BCUT2D eigenvalue weighted by Crippen LogP contribution is -2.08. The van der Waals surface area contributed by atoms with Gasteiger partial charge >= 0.3 is 5.76 Å². The van der Waals surface area contributed by atoms with Crippen LogP contribution in [0.1, 0.15) is 33.4 Å². The molecule has 0 aliphatic heterocycles. The average Bonchev–Trinajstić information content (AvgIpc) is 3.12. The van der Waals surface area contributed by atoms with E-state index >= 15 is 0 Å². The SMILES string of the molecule is Cn1c(=O)oc2cc(C(O)c3cc4c(s3)CCC4)ccc21. The van der Waals surface area contributed by atoms with E-state index in [9.17, 15) is 9.90 Å². The highest BCUT2D eigenvalue weighted by Gasteiger charge is 2.20. The molecular formula is C16H15NO3S. The largest absolute Gasteiger partial charge is 0.419 e. The van der Waals surface area contributed by atoms with Gasteiger partial charge in [0.05, 0.1) is 5.52 Å². The minimum absolute atomic E-state index is 0.383. The van der Waals surface area contributed by atoms with Crippen LogP contribution in [0.3, 0.4) is 0 Å².